The maximum atomic E-state index is 6.27. The van der Waals surface area contributed by atoms with Gasteiger partial charge in [-0.1, -0.05) is 97.1 Å². The normalized spacial score (nSPS) is 11.9. The summed E-state index contributed by atoms with van der Waals surface area (Å²) in [5.74, 6) is 0. The summed E-state index contributed by atoms with van der Waals surface area (Å²) < 4.78 is 12.5. The summed E-state index contributed by atoms with van der Waals surface area (Å²) in [6.07, 6.45) is 1.90. The van der Waals surface area contributed by atoms with Gasteiger partial charge in [0.05, 0.1) is 6.26 Å². The minimum atomic E-state index is 0.791. The molecule has 0 atom stereocenters. The van der Waals surface area contributed by atoms with Crippen LogP contribution in [-0.4, -0.2) is 0 Å². The zero-order chi connectivity index (χ0) is 23.6. The van der Waals surface area contributed by atoms with Gasteiger partial charge in [0.2, 0.25) is 0 Å². The molecule has 8 rings (SSSR count). The molecule has 2 heterocycles. The number of hydrogen-bond donors (Lipinski definition) is 0. The number of benzene rings is 6. The first-order valence-electron chi connectivity index (χ1n) is 12.2. The molecular weight excluding hydrogens is 440 g/mol. The Morgan fingerprint density at radius 3 is 1.64 bits per heavy atom. The minimum Gasteiger partial charge on any atom is -0.460 e. The molecule has 0 saturated carbocycles. The fourth-order valence-corrected chi connectivity index (χ4v) is 5.80. The van der Waals surface area contributed by atoms with E-state index in [0.29, 0.717) is 0 Å². The molecule has 0 N–H and O–H groups in total. The molecule has 2 aromatic heterocycles. The van der Waals surface area contributed by atoms with E-state index in [1.165, 1.54) is 38.2 Å². The van der Waals surface area contributed by atoms with Crippen molar-refractivity contribution in [1.29, 1.82) is 0 Å². The Hall–Kier alpha value is -4.82. The average Bonchev–Trinajstić information content (AvgIpc) is 3.54. The van der Waals surface area contributed by atoms with Crippen molar-refractivity contribution in [1.82, 2.24) is 0 Å². The molecule has 2 nitrogen and oxygen atoms in total. The highest BCUT2D eigenvalue weighted by atomic mass is 16.4. The summed E-state index contributed by atoms with van der Waals surface area (Å²) >= 11 is 0. The third kappa shape index (κ3) is 2.61. The second-order valence-corrected chi connectivity index (χ2v) is 9.27. The third-order valence-corrected chi connectivity index (χ3v) is 7.35. The average molecular weight is 461 g/mol. The van der Waals surface area contributed by atoms with Gasteiger partial charge in [-0.15, -0.1) is 0 Å². The van der Waals surface area contributed by atoms with Gasteiger partial charge < -0.3 is 8.83 Å². The molecule has 0 amide bonds. The molecule has 8 aromatic rings. The van der Waals surface area contributed by atoms with Crippen molar-refractivity contribution in [2.45, 2.75) is 0 Å². The van der Waals surface area contributed by atoms with Crippen LogP contribution in [0.5, 0.6) is 0 Å². The van der Waals surface area contributed by atoms with E-state index < -0.39 is 0 Å². The molecule has 0 aliphatic carbocycles. The van der Waals surface area contributed by atoms with Crippen molar-refractivity contribution >= 4 is 54.5 Å². The van der Waals surface area contributed by atoms with Crippen LogP contribution < -0.4 is 0 Å². The van der Waals surface area contributed by atoms with Crippen molar-refractivity contribution in [2.24, 2.45) is 0 Å². The van der Waals surface area contributed by atoms with Gasteiger partial charge in [-0.25, -0.2) is 0 Å². The minimum absolute atomic E-state index is 0.791. The predicted molar refractivity (Wildman–Crippen MR) is 149 cm³/mol. The van der Waals surface area contributed by atoms with Gasteiger partial charge in [0, 0.05) is 27.3 Å². The fourth-order valence-electron chi connectivity index (χ4n) is 5.80. The molecule has 36 heavy (non-hydrogen) atoms. The standard InChI is InChI=1S/C34H20O2/c1-2-10-21(11-3-1)31-23-13-4-6-15-25(23)32(26-16-7-5-14-24(26)31)29-20-35-33-28(29)19-18-27-22-12-8-9-17-30(22)36-34(27)33/h1-20H. The molecule has 0 saturated heterocycles. The van der Waals surface area contributed by atoms with Crippen LogP contribution in [0, 0.1) is 0 Å². The summed E-state index contributed by atoms with van der Waals surface area (Å²) in [7, 11) is 0. The summed E-state index contributed by atoms with van der Waals surface area (Å²) in [6, 6.07) is 40.5. The predicted octanol–water partition coefficient (Wildman–Crippen LogP) is 9.97. The van der Waals surface area contributed by atoms with Crippen molar-refractivity contribution in [2.75, 3.05) is 0 Å². The first-order valence-corrected chi connectivity index (χ1v) is 12.2. The first kappa shape index (κ1) is 19.5. The number of rotatable bonds is 2. The van der Waals surface area contributed by atoms with Crippen LogP contribution >= 0.6 is 0 Å². The summed E-state index contributed by atoms with van der Waals surface area (Å²) in [6.45, 7) is 0. The Bertz CT molecular complexity index is 2030. The quantitative estimate of drug-likeness (QED) is 0.240. The highest BCUT2D eigenvalue weighted by Gasteiger charge is 2.21. The van der Waals surface area contributed by atoms with Crippen LogP contribution in [0.3, 0.4) is 0 Å². The second-order valence-electron chi connectivity index (χ2n) is 9.27. The molecule has 168 valence electrons. The SMILES string of the molecule is c1ccc(-c2c3ccccc3c(-c3coc4c3ccc3c5ccccc5oc34)c3ccccc23)cc1. The lowest BCUT2D eigenvalue weighted by Crippen LogP contribution is -1.90. The van der Waals surface area contributed by atoms with Crippen molar-refractivity contribution < 1.29 is 8.83 Å². The van der Waals surface area contributed by atoms with E-state index in [1.54, 1.807) is 0 Å². The molecule has 6 aromatic carbocycles. The van der Waals surface area contributed by atoms with E-state index >= 15 is 0 Å². The number of fused-ring (bicyclic) bond motifs is 7. The fraction of sp³-hybridized carbons (Fsp3) is 0. The van der Waals surface area contributed by atoms with Gasteiger partial charge in [-0.3, -0.25) is 0 Å². The largest absolute Gasteiger partial charge is 0.460 e. The zero-order valence-corrected chi connectivity index (χ0v) is 19.4. The Labute approximate surface area is 207 Å². The molecule has 0 fully saturated rings. The second kappa shape index (κ2) is 7.34. The molecule has 2 heteroatoms. The molecular formula is C34H20O2. The van der Waals surface area contributed by atoms with Crippen molar-refractivity contribution in [3.8, 4) is 22.3 Å². The van der Waals surface area contributed by atoms with E-state index in [0.717, 1.165) is 38.5 Å². The zero-order valence-electron chi connectivity index (χ0n) is 19.4. The van der Waals surface area contributed by atoms with E-state index in [-0.39, 0.29) is 0 Å². The van der Waals surface area contributed by atoms with Crippen LogP contribution in [0.1, 0.15) is 0 Å². The molecule has 0 aliphatic rings. The van der Waals surface area contributed by atoms with E-state index in [2.05, 4.69) is 97.1 Å². The topological polar surface area (TPSA) is 26.3 Å². The van der Waals surface area contributed by atoms with Crippen molar-refractivity contribution in [3.05, 3.63) is 122 Å². The van der Waals surface area contributed by atoms with Gasteiger partial charge in [-0.05, 0) is 50.9 Å². The molecule has 0 spiro atoms. The van der Waals surface area contributed by atoms with Crippen molar-refractivity contribution in [3.63, 3.8) is 0 Å². The molecule has 0 aliphatic heterocycles. The maximum absolute atomic E-state index is 6.27. The highest BCUT2D eigenvalue weighted by Crippen LogP contribution is 2.46. The lowest BCUT2D eigenvalue weighted by molar-refractivity contribution is 0.601. The van der Waals surface area contributed by atoms with E-state index in [4.69, 9.17) is 8.83 Å². The Balaban J connectivity index is 1.52. The van der Waals surface area contributed by atoms with Gasteiger partial charge in [0.15, 0.2) is 11.2 Å². The van der Waals surface area contributed by atoms with Crippen LogP contribution in [-0.2, 0) is 0 Å². The van der Waals surface area contributed by atoms with Gasteiger partial charge in [-0.2, -0.15) is 0 Å². The smallest absolute Gasteiger partial charge is 0.178 e. The summed E-state index contributed by atoms with van der Waals surface area (Å²) in [5, 5.41) is 8.13. The first-order chi connectivity index (χ1) is 17.9. The number of hydrogen-bond acceptors (Lipinski definition) is 2. The highest BCUT2D eigenvalue weighted by molar-refractivity contribution is 6.24. The maximum Gasteiger partial charge on any atom is 0.178 e. The molecule has 0 unspecified atom stereocenters. The summed E-state index contributed by atoms with van der Waals surface area (Å²) in [4.78, 5) is 0. The number of para-hydroxylation sites is 1. The lowest BCUT2D eigenvalue weighted by Gasteiger charge is -2.17. The Morgan fingerprint density at radius 2 is 0.944 bits per heavy atom. The van der Waals surface area contributed by atoms with Gasteiger partial charge >= 0.3 is 0 Å². The summed E-state index contributed by atoms with van der Waals surface area (Å²) in [5.41, 5.74) is 7.22. The van der Waals surface area contributed by atoms with Gasteiger partial charge in [0.25, 0.3) is 0 Å². The third-order valence-electron chi connectivity index (χ3n) is 7.35. The Morgan fingerprint density at radius 1 is 0.389 bits per heavy atom. The van der Waals surface area contributed by atoms with Crippen LogP contribution in [0.2, 0.25) is 0 Å². The van der Waals surface area contributed by atoms with Crippen LogP contribution in [0.25, 0.3) is 76.7 Å². The molecule has 0 radical (unpaired) electrons. The Kier molecular flexibility index (Phi) is 3.97. The van der Waals surface area contributed by atoms with E-state index in [9.17, 15) is 0 Å². The van der Waals surface area contributed by atoms with Gasteiger partial charge in [0.1, 0.15) is 5.58 Å². The lowest BCUT2D eigenvalue weighted by atomic mass is 9.86. The molecule has 0 bridgehead atoms. The van der Waals surface area contributed by atoms with Crippen LogP contribution in [0.15, 0.2) is 130 Å². The number of furan rings is 2. The van der Waals surface area contributed by atoms with E-state index in [1.807, 2.05) is 24.5 Å². The van der Waals surface area contributed by atoms with Crippen LogP contribution in [0.4, 0.5) is 0 Å². The monoisotopic (exact) mass is 460 g/mol.